The van der Waals surface area contributed by atoms with Crippen molar-refractivity contribution < 1.29 is 0 Å². The molecule has 0 saturated carbocycles. The fourth-order valence-corrected chi connectivity index (χ4v) is 2.82. The molecule has 0 saturated heterocycles. The molecule has 0 fully saturated rings. The Morgan fingerprint density at radius 2 is 2.21 bits per heavy atom. The van der Waals surface area contributed by atoms with E-state index in [1.807, 2.05) is 36.2 Å². The van der Waals surface area contributed by atoms with Crippen LogP contribution in [0.2, 0.25) is 5.02 Å². The van der Waals surface area contributed by atoms with Gasteiger partial charge in [0, 0.05) is 29.2 Å². The van der Waals surface area contributed by atoms with Crippen molar-refractivity contribution in [2.45, 2.75) is 25.9 Å². The molecule has 1 aromatic heterocycles. The lowest BCUT2D eigenvalue weighted by molar-refractivity contribution is 0.538. The molecule has 0 radical (unpaired) electrons. The van der Waals surface area contributed by atoms with E-state index in [0.29, 0.717) is 6.04 Å². The van der Waals surface area contributed by atoms with E-state index in [-0.39, 0.29) is 0 Å². The summed E-state index contributed by atoms with van der Waals surface area (Å²) < 4.78 is 0. The maximum atomic E-state index is 6.20. The van der Waals surface area contributed by atoms with E-state index in [4.69, 9.17) is 11.6 Å². The molecule has 2 aromatic rings. The minimum atomic E-state index is 0.516. The van der Waals surface area contributed by atoms with E-state index >= 15 is 0 Å². The lowest BCUT2D eigenvalue weighted by atomic mass is 10.1. The monoisotopic (exact) mass is 294 g/mol. The first-order valence-electron chi connectivity index (χ1n) is 6.47. The first kappa shape index (κ1) is 14.6. The Hall–Kier alpha value is -0.770. The fourth-order valence-electron chi connectivity index (χ4n) is 2.02. The van der Waals surface area contributed by atoms with Crippen LogP contribution in [0.15, 0.2) is 30.5 Å². The van der Waals surface area contributed by atoms with Crippen molar-refractivity contribution in [2.24, 2.45) is 0 Å². The Balaban J connectivity index is 2.11. The van der Waals surface area contributed by atoms with Crippen molar-refractivity contribution in [3.8, 4) is 0 Å². The summed E-state index contributed by atoms with van der Waals surface area (Å²) in [6.07, 6.45) is 5.14. The van der Waals surface area contributed by atoms with Gasteiger partial charge in [0.15, 0.2) is 0 Å². The third-order valence-corrected chi connectivity index (χ3v) is 4.17. The zero-order valence-corrected chi connectivity index (χ0v) is 12.9. The van der Waals surface area contributed by atoms with Crippen LogP contribution >= 0.6 is 23.4 Å². The van der Waals surface area contributed by atoms with Gasteiger partial charge in [-0.25, -0.2) is 0 Å². The van der Waals surface area contributed by atoms with Gasteiger partial charge in [-0.2, -0.15) is 11.8 Å². The number of fused-ring (bicyclic) bond motifs is 1. The van der Waals surface area contributed by atoms with Gasteiger partial charge in [-0.1, -0.05) is 17.7 Å². The van der Waals surface area contributed by atoms with E-state index in [2.05, 4.69) is 29.5 Å². The topological polar surface area (TPSA) is 24.9 Å². The Morgan fingerprint density at radius 1 is 1.37 bits per heavy atom. The summed E-state index contributed by atoms with van der Waals surface area (Å²) >= 11 is 8.08. The van der Waals surface area contributed by atoms with E-state index in [9.17, 15) is 0 Å². The van der Waals surface area contributed by atoms with Gasteiger partial charge >= 0.3 is 0 Å². The molecule has 1 N–H and O–H groups in total. The molecule has 0 bridgehead atoms. The molecular weight excluding hydrogens is 276 g/mol. The number of pyridine rings is 1. The van der Waals surface area contributed by atoms with Gasteiger partial charge in [-0.15, -0.1) is 0 Å². The number of hydrogen-bond donors (Lipinski definition) is 1. The predicted molar refractivity (Wildman–Crippen MR) is 86.1 cm³/mol. The minimum absolute atomic E-state index is 0.516. The SMILES string of the molecule is CSCCC(C)NCc1ccc(Cl)c2cccnc12. The van der Waals surface area contributed by atoms with E-state index < -0.39 is 0 Å². The quantitative estimate of drug-likeness (QED) is 0.867. The first-order chi connectivity index (χ1) is 9.22. The maximum absolute atomic E-state index is 6.20. The second-order valence-electron chi connectivity index (χ2n) is 4.67. The third kappa shape index (κ3) is 3.85. The van der Waals surface area contributed by atoms with Gasteiger partial charge < -0.3 is 5.32 Å². The summed E-state index contributed by atoms with van der Waals surface area (Å²) in [6.45, 7) is 3.06. The lowest BCUT2D eigenvalue weighted by Gasteiger charge is -2.14. The van der Waals surface area contributed by atoms with Crippen LogP contribution < -0.4 is 5.32 Å². The summed E-state index contributed by atoms with van der Waals surface area (Å²) in [5.41, 5.74) is 2.20. The molecule has 0 amide bonds. The van der Waals surface area contributed by atoms with E-state index in [1.54, 1.807) is 0 Å². The van der Waals surface area contributed by atoms with E-state index in [1.165, 1.54) is 17.7 Å². The lowest BCUT2D eigenvalue weighted by Crippen LogP contribution is -2.26. The van der Waals surface area contributed by atoms with Crippen LogP contribution in [0, 0.1) is 0 Å². The number of aromatic nitrogens is 1. The molecule has 1 unspecified atom stereocenters. The van der Waals surface area contributed by atoms with Crippen molar-refractivity contribution in [1.82, 2.24) is 10.3 Å². The highest BCUT2D eigenvalue weighted by Crippen LogP contribution is 2.24. The second-order valence-corrected chi connectivity index (χ2v) is 6.06. The number of thioether (sulfide) groups is 1. The van der Waals surface area contributed by atoms with Crippen LogP contribution in [0.5, 0.6) is 0 Å². The van der Waals surface area contributed by atoms with Gasteiger partial charge in [0.2, 0.25) is 0 Å². The fraction of sp³-hybridized carbons (Fsp3) is 0.400. The summed E-state index contributed by atoms with van der Waals surface area (Å²) in [5, 5.41) is 5.34. The average molecular weight is 295 g/mol. The number of rotatable bonds is 6. The number of hydrogen-bond acceptors (Lipinski definition) is 3. The molecule has 2 rings (SSSR count). The van der Waals surface area contributed by atoms with Crippen molar-refractivity contribution in [1.29, 1.82) is 0 Å². The van der Waals surface area contributed by atoms with Gasteiger partial charge in [-0.05, 0) is 49.1 Å². The molecule has 0 aliphatic heterocycles. The van der Waals surface area contributed by atoms with Gasteiger partial charge in [-0.3, -0.25) is 4.98 Å². The minimum Gasteiger partial charge on any atom is -0.310 e. The van der Waals surface area contributed by atoms with Crippen LogP contribution in [0.4, 0.5) is 0 Å². The number of benzene rings is 1. The van der Waals surface area contributed by atoms with Gasteiger partial charge in [0.1, 0.15) is 0 Å². The van der Waals surface area contributed by atoms with Gasteiger partial charge in [0.05, 0.1) is 5.52 Å². The molecule has 4 heteroatoms. The molecule has 1 atom stereocenters. The molecule has 2 nitrogen and oxygen atoms in total. The van der Waals surface area contributed by atoms with Crippen molar-refractivity contribution >= 4 is 34.3 Å². The predicted octanol–water partition coefficient (Wildman–Crippen LogP) is 4.12. The normalized spacial score (nSPS) is 12.8. The first-order valence-corrected chi connectivity index (χ1v) is 8.24. The zero-order valence-electron chi connectivity index (χ0n) is 11.3. The Kier molecular flexibility index (Phi) is 5.49. The van der Waals surface area contributed by atoms with Crippen molar-refractivity contribution in [3.05, 3.63) is 41.0 Å². The zero-order chi connectivity index (χ0) is 13.7. The maximum Gasteiger partial charge on any atom is 0.0761 e. The summed E-state index contributed by atoms with van der Waals surface area (Å²) in [6, 6.07) is 8.47. The summed E-state index contributed by atoms with van der Waals surface area (Å²) in [5.74, 6) is 1.19. The molecule has 102 valence electrons. The molecule has 1 heterocycles. The number of nitrogens with zero attached hydrogens (tertiary/aromatic N) is 1. The molecule has 0 spiro atoms. The second kappa shape index (κ2) is 7.13. The van der Waals surface area contributed by atoms with Crippen molar-refractivity contribution in [3.63, 3.8) is 0 Å². The van der Waals surface area contributed by atoms with Crippen LogP contribution in [0.25, 0.3) is 10.9 Å². The largest absolute Gasteiger partial charge is 0.310 e. The molecule has 19 heavy (non-hydrogen) atoms. The molecule has 0 aliphatic carbocycles. The van der Waals surface area contributed by atoms with Crippen LogP contribution in [0.1, 0.15) is 18.9 Å². The molecular formula is C15H19ClN2S. The average Bonchev–Trinajstić information content (AvgIpc) is 2.45. The third-order valence-electron chi connectivity index (χ3n) is 3.20. The standard InChI is InChI=1S/C15H19ClN2S/c1-11(7-9-19-2)18-10-12-5-6-14(16)13-4-3-8-17-15(12)13/h3-6,8,11,18H,7,9-10H2,1-2H3. The Morgan fingerprint density at radius 3 is 3.00 bits per heavy atom. The summed E-state index contributed by atoms with van der Waals surface area (Å²) in [7, 11) is 0. The smallest absolute Gasteiger partial charge is 0.0761 e. The number of halogens is 1. The molecule has 1 aromatic carbocycles. The summed E-state index contributed by atoms with van der Waals surface area (Å²) in [4.78, 5) is 4.45. The van der Waals surface area contributed by atoms with E-state index in [0.717, 1.165) is 22.5 Å². The highest BCUT2D eigenvalue weighted by atomic mass is 35.5. The number of nitrogens with one attached hydrogen (secondary N) is 1. The highest BCUT2D eigenvalue weighted by Gasteiger charge is 2.07. The molecule has 0 aliphatic rings. The van der Waals surface area contributed by atoms with Crippen molar-refractivity contribution in [2.75, 3.05) is 12.0 Å². The van der Waals surface area contributed by atoms with Gasteiger partial charge in [0.25, 0.3) is 0 Å². The van der Waals surface area contributed by atoms with Crippen LogP contribution in [-0.4, -0.2) is 23.0 Å². The van der Waals surface area contributed by atoms with Crippen LogP contribution in [0.3, 0.4) is 0 Å². The Bertz CT molecular complexity index is 545. The highest BCUT2D eigenvalue weighted by molar-refractivity contribution is 7.98. The Labute approximate surface area is 123 Å². The van der Waals surface area contributed by atoms with Crippen LogP contribution in [-0.2, 0) is 6.54 Å².